The zero-order chi connectivity index (χ0) is 7.49. The van der Waals surface area contributed by atoms with Gasteiger partial charge in [-0.25, -0.2) is 0 Å². The van der Waals surface area contributed by atoms with E-state index in [0.29, 0.717) is 0 Å². The van der Waals surface area contributed by atoms with E-state index < -0.39 is 9.70 Å². The van der Waals surface area contributed by atoms with Crippen molar-refractivity contribution < 1.29 is 4.79 Å². The number of hydrogen-bond donors (Lipinski definition) is 1. The second kappa shape index (κ2) is 3.49. The Balaban J connectivity index is 3.39. The summed E-state index contributed by atoms with van der Waals surface area (Å²) in [6, 6.07) is 0. The first-order chi connectivity index (χ1) is 3.92. The fraction of sp³-hybridized carbons (Fsp3) is 0.750. The van der Waals surface area contributed by atoms with Gasteiger partial charge in [-0.15, -0.1) is 0 Å². The van der Waals surface area contributed by atoms with E-state index in [1.165, 1.54) is 0 Å². The Morgan fingerprint density at radius 1 is 1.44 bits per heavy atom. The van der Waals surface area contributed by atoms with Crippen LogP contribution in [0.2, 0.25) is 0 Å². The lowest BCUT2D eigenvalue weighted by Crippen LogP contribution is -2.14. The summed E-state index contributed by atoms with van der Waals surface area (Å²) in [6.45, 7) is 0. The summed E-state index contributed by atoms with van der Waals surface area (Å²) in [7, 11) is 0. The first-order valence-corrected chi connectivity index (χ1v) is 3.40. The van der Waals surface area contributed by atoms with Crippen LogP contribution in [0, 0.1) is 0 Å². The average Bonchev–Trinajstić information content (AvgIpc) is 1.59. The predicted molar refractivity (Wildman–Crippen MR) is 38.7 cm³/mol. The SMILES string of the molecule is NC(=O)CCC(Cl)(Cl)Cl. The summed E-state index contributed by atoms with van der Waals surface area (Å²) >= 11 is 15.9. The molecule has 0 atom stereocenters. The Morgan fingerprint density at radius 3 is 2.00 bits per heavy atom. The van der Waals surface area contributed by atoms with Crippen molar-refractivity contribution in [3.63, 3.8) is 0 Å². The molecule has 1 amide bonds. The zero-order valence-corrected chi connectivity index (χ0v) is 6.80. The van der Waals surface area contributed by atoms with Crippen molar-refractivity contribution in [2.75, 3.05) is 0 Å². The monoisotopic (exact) mass is 189 g/mol. The normalized spacial score (nSPS) is 11.4. The molecule has 9 heavy (non-hydrogen) atoms. The van der Waals surface area contributed by atoms with Gasteiger partial charge in [0.15, 0.2) is 3.79 Å². The highest BCUT2D eigenvalue weighted by molar-refractivity contribution is 6.67. The van der Waals surface area contributed by atoms with Gasteiger partial charge in [0.25, 0.3) is 0 Å². The maximum atomic E-state index is 10.1. The third-order valence-corrected chi connectivity index (χ3v) is 1.22. The summed E-state index contributed by atoms with van der Waals surface area (Å²) in [5.74, 6) is -0.457. The maximum absolute atomic E-state index is 10.1. The molecule has 2 N–H and O–H groups in total. The minimum atomic E-state index is -1.35. The number of primary amides is 1. The molecule has 0 aliphatic heterocycles. The third kappa shape index (κ3) is 8.34. The van der Waals surface area contributed by atoms with Gasteiger partial charge < -0.3 is 5.73 Å². The van der Waals surface area contributed by atoms with Crippen LogP contribution in [-0.2, 0) is 4.79 Å². The summed E-state index contributed by atoms with van der Waals surface area (Å²) < 4.78 is -1.35. The minimum Gasteiger partial charge on any atom is -0.370 e. The number of nitrogens with two attached hydrogens (primary N) is 1. The Labute approximate surface area is 68.2 Å². The summed E-state index contributed by atoms with van der Waals surface area (Å²) in [6.07, 6.45) is 0.281. The molecule has 0 aromatic heterocycles. The van der Waals surface area contributed by atoms with E-state index in [4.69, 9.17) is 40.5 Å². The van der Waals surface area contributed by atoms with E-state index in [1.54, 1.807) is 0 Å². The molecule has 0 spiro atoms. The molecule has 0 radical (unpaired) electrons. The molecule has 0 aromatic carbocycles. The van der Waals surface area contributed by atoms with E-state index in [1.807, 2.05) is 0 Å². The smallest absolute Gasteiger partial charge is 0.217 e. The molecule has 0 heterocycles. The van der Waals surface area contributed by atoms with Crippen LogP contribution in [0.4, 0.5) is 0 Å². The fourth-order valence-corrected chi connectivity index (χ4v) is 0.548. The fourth-order valence-electron chi connectivity index (χ4n) is 0.265. The lowest BCUT2D eigenvalue weighted by atomic mass is 10.3. The standard InChI is InChI=1S/C4H6Cl3NO/c5-4(6,7)2-1-3(8)9/h1-2H2,(H2,8,9). The van der Waals surface area contributed by atoms with Crippen molar-refractivity contribution in [1.29, 1.82) is 0 Å². The van der Waals surface area contributed by atoms with Crippen molar-refractivity contribution in [1.82, 2.24) is 0 Å². The summed E-state index contributed by atoms with van der Waals surface area (Å²) in [5, 5.41) is 0. The van der Waals surface area contributed by atoms with Crippen molar-refractivity contribution >= 4 is 40.7 Å². The van der Waals surface area contributed by atoms with Crippen LogP contribution in [0.5, 0.6) is 0 Å². The molecule has 0 fully saturated rings. The lowest BCUT2D eigenvalue weighted by Gasteiger charge is -2.06. The molecular formula is C4H6Cl3NO. The molecule has 0 saturated carbocycles. The van der Waals surface area contributed by atoms with Gasteiger partial charge in [-0.05, 0) is 0 Å². The maximum Gasteiger partial charge on any atom is 0.217 e. The highest BCUT2D eigenvalue weighted by Gasteiger charge is 2.19. The van der Waals surface area contributed by atoms with Crippen LogP contribution in [0.25, 0.3) is 0 Å². The molecule has 54 valence electrons. The van der Waals surface area contributed by atoms with E-state index in [9.17, 15) is 4.79 Å². The highest BCUT2D eigenvalue weighted by Crippen LogP contribution is 2.30. The first-order valence-electron chi connectivity index (χ1n) is 2.27. The largest absolute Gasteiger partial charge is 0.370 e. The van der Waals surface area contributed by atoms with Crippen molar-refractivity contribution in [2.24, 2.45) is 5.73 Å². The van der Waals surface area contributed by atoms with Gasteiger partial charge in [0.1, 0.15) is 0 Å². The second-order valence-corrected chi connectivity index (χ2v) is 4.10. The molecule has 0 rings (SSSR count). The summed E-state index contributed by atoms with van der Waals surface area (Å²) in [5.41, 5.74) is 4.78. The van der Waals surface area contributed by atoms with Crippen LogP contribution >= 0.6 is 34.8 Å². The van der Waals surface area contributed by atoms with Gasteiger partial charge in [-0.2, -0.15) is 0 Å². The molecule has 0 aliphatic carbocycles. The van der Waals surface area contributed by atoms with Crippen LogP contribution < -0.4 is 5.73 Å². The number of carbonyl (C=O) groups is 1. The van der Waals surface area contributed by atoms with Gasteiger partial charge >= 0.3 is 0 Å². The van der Waals surface area contributed by atoms with Crippen molar-refractivity contribution in [3.05, 3.63) is 0 Å². The number of carbonyl (C=O) groups excluding carboxylic acids is 1. The number of halogens is 3. The molecule has 0 aliphatic rings. The Hall–Kier alpha value is 0.340. The van der Waals surface area contributed by atoms with Gasteiger partial charge in [0, 0.05) is 12.8 Å². The summed E-state index contributed by atoms with van der Waals surface area (Å²) in [4.78, 5) is 10.1. The van der Waals surface area contributed by atoms with Crippen LogP contribution in [0.1, 0.15) is 12.8 Å². The van der Waals surface area contributed by atoms with E-state index in [2.05, 4.69) is 0 Å². The molecular weight excluding hydrogens is 184 g/mol. The quantitative estimate of drug-likeness (QED) is 0.661. The third-order valence-electron chi connectivity index (χ3n) is 0.655. The molecule has 0 unspecified atom stereocenters. The molecule has 0 aromatic rings. The topological polar surface area (TPSA) is 43.1 Å². The average molecular weight is 190 g/mol. The number of alkyl halides is 3. The zero-order valence-electron chi connectivity index (χ0n) is 4.53. The number of hydrogen-bond acceptors (Lipinski definition) is 1. The number of rotatable bonds is 2. The Morgan fingerprint density at radius 2 is 1.89 bits per heavy atom. The lowest BCUT2D eigenvalue weighted by molar-refractivity contribution is -0.118. The van der Waals surface area contributed by atoms with Crippen LogP contribution in [0.15, 0.2) is 0 Å². The first kappa shape index (κ1) is 9.34. The van der Waals surface area contributed by atoms with Gasteiger partial charge in [0.05, 0.1) is 0 Å². The van der Waals surface area contributed by atoms with Gasteiger partial charge in [-0.3, -0.25) is 4.79 Å². The molecule has 2 nitrogen and oxygen atoms in total. The van der Waals surface area contributed by atoms with Gasteiger partial charge in [-0.1, -0.05) is 34.8 Å². The molecule has 5 heteroatoms. The predicted octanol–water partition coefficient (Wildman–Crippen LogP) is 1.62. The van der Waals surface area contributed by atoms with Crippen LogP contribution in [-0.4, -0.2) is 9.70 Å². The number of amides is 1. The van der Waals surface area contributed by atoms with E-state index in [0.717, 1.165) is 0 Å². The second-order valence-electron chi connectivity index (χ2n) is 1.58. The highest BCUT2D eigenvalue weighted by atomic mass is 35.6. The van der Waals surface area contributed by atoms with Crippen LogP contribution in [0.3, 0.4) is 0 Å². The van der Waals surface area contributed by atoms with Gasteiger partial charge in [0.2, 0.25) is 5.91 Å². The Kier molecular flexibility index (Phi) is 3.63. The van der Waals surface area contributed by atoms with E-state index >= 15 is 0 Å². The molecule has 0 saturated heterocycles. The van der Waals surface area contributed by atoms with Crippen molar-refractivity contribution in [2.45, 2.75) is 16.6 Å². The van der Waals surface area contributed by atoms with Crippen molar-refractivity contribution in [3.8, 4) is 0 Å². The minimum absolute atomic E-state index is 0.108. The molecule has 0 bridgehead atoms. The Bertz CT molecular complexity index is 109. The van der Waals surface area contributed by atoms with E-state index in [-0.39, 0.29) is 12.8 Å².